The van der Waals surface area contributed by atoms with Crippen molar-refractivity contribution in [3.8, 4) is 17.2 Å². The van der Waals surface area contributed by atoms with Gasteiger partial charge in [-0.05, 0) is 70.7 Å². The molecule has 0 aliphatic carbocycles. The summed E-state index contributed by atoms with van der Waals surface area (Å²) in [6.07, 6.45) is 3.40. The molecule has 0 unspecified atom stereocenters. The second kappa shape index (κ2) is 10.6. The third kappa shape index (κ3) is 5.10. The number of esters is 1. The van der Waals surface area contributed by atoms with Gasteiger partial charge in [-0.15, -0.1) is 6.58 Å². The van der Waals surface area contributed by atoms with E-state index >= 15 is 0 Å². The first-order valence-corrected chi connectivity index (χ1v) is 11.6. The molecule has 0 saturated carbocycles. The van der Waals surface area contributed by atoms with Crippen LogP contribution in [0, 0.1) is 0 Å². The molecule has 0 bridgehead atoms. The van der Waals surface area contributed by atoms with E-state index in [-0.39, 0.29) is 31.3 Å². The normalized spacial score (nSPS) is 15.7. The van der Waals surface area contributed by atoms with Crippen LogP contribution >= 0.6 is 15.9 Å². The summed E-state index contributed by atoms with van der Waals surface area (Å²) in [6, 6.07) is 7.03. The zero-order valence-corrected chi connectivity index (χ0v) is 20.8. The number of urea groups is 1. The lowest BCUT2D eigenvalue weighted by molar-refractivity contribution is -0.145. The molecule has 11 heteroatoms. The number of barbiturate groups is 1. The quantitative estimate of drug-likeness (QED) is 0.227. The minimum Gasteiger partial charge on any atom is -0.480 e. The Morgan fingerprint density at radius 1 is 1.19 bits per heavy atom. The molecule has 0 atom stereocenters. The zero-order valence-electron chi connectivity index (χ0n) is 19.2. The maximum Gasteiger partial charge on any atom is 0.344 e. The number of fused-ring (bicyclic) bond motifs is 1. The van der Waals surface area contributed by atoms with Crippen molar-refractivity contribution < 1.29 is 38.1 Å². The number of halogens is 1. The van der Waals surface area contributed by atoms with Crippen LogP contribution in [0.4, 0.5) is 10.5 Å². The summed E-state index contributed by atoms with van der Waals surface area (Å²) >= 11 is 3.42. The number of imide groups is 2. The van der Waals surface area contributed by atoms with E-state index in [2.05, 4.69) is 27.8 Å². The minimum atomic E-state index is -0.878. The Labute approximate surface area is 214 Å². The molecule has 10 nitrogen and oxygen atoms in total. The monoisotopic (exact) mass is 556 g/mol. The number of ether oxygens (including phenoxy) is 4. The van der Waals surface area contributed by atoms with E-state index in [0.29, 0.717) is 39.3 Å². The topological polar surface area (TPSA) is 120 Å². The Bertz CT molecular complexity index is 1300. The summed E-state index contributed by atoms with van der Waals surface area (Å²) in [5.41, 5.74) is 1.11. The number of allylic oxidation sites excluding steroid dienone is 1. The molecule has 0 radical (unpaired) electrons. The van der Waals surface area contributed by atoms with Gasteiger partial charge in [-0.3, -0.25) is 14.9 Å². The summed E-state index contributed by atoms with van der Waals surface area (Å²) in [5.74, 6) is -0.871. The van der Waals surface area contributed by atoms with Gasteiger partial charge in [0, 0.05) is 6.07 Å². The predicted octanol–water partition coefficient (Wildman–Crippen LogP) is 3.51. The number of hydrogen-bond acceptors (Lipinski definition) is 8. The second-order valence-corrected chi connectivity index (χ2v) is 8.43. The SMILES string of the molecule is C=CCc1cc(/C=C2\C(=O)NC(=O)N(c3ccc4c(c3)OCO4)C2=O)cc(Br)c1OCC(=O)OCC. The second-order valence-electron chi connectivity index (χ2n) is 7.57. The van der Waals surface area contributed by atoms with Crippen molar-refractivity contribution in [2.24, 2.45) is 0 Å². The van der Waals surface area contributed by atoms with Crippen molar-refractivity contribution in [2.45, 2.75) is 13.3 Å². The molecule has 186 valence electrons. The van der Waals surface area contributed by atoms with E-state index in [0.717, 1.165) is 4.90 Å². The van der Waals surface area contributed by atoms with E-state index in [1.54, 1.807) is 31.2 Å². The highest BCUT2D eigenvalue weighted by Crippen LogP contribution is 2.37. The maximum absolute atomic E-state index is 13.3. The van der Waals surface area contributed by atoms with Gasteiger partial charge in [0.05, 0.1) is 16.8 Å². The largest absolute Gasteiger partial charge is 0.480 e. The highest BCUT2D eigenvalue weighted by Gasteiger charge is 2.37. The number of rotatable bonds is 8. The molecule has 2 aliphatic rings. The van der Waals surface area contributed by atoms with Crippen LogP contribution < -0.4 is 24.4 Å². The summed E-state index contributed by atoms with van der Waals surface area (Å²) in [6.45, 7) is 5.41. The van der Waals surface area contributed by atoms with Crippen LogP contribution in [0.15, 0.2) is 53.0 Å². The van der Waals surface area contributed by atoms with E-state index in [9.17, 15) is 19.2 Å². The van der Waals surface area contributed by atoms with E-state index in [4.69, 9.17) is 18.9 Å². The molecule has 1 fully saturated rings. The first-order valence-electron chi connectivity index (χ1n) is 10.8. The Morgan fingerprint density at radius 3 is 2.72 bits per heavy atom. The molecule has 2 heterocycles. The van der Waals surface area contributed by atoms with Crippen molar-refractivity contribution in [3.63, 3.8) is 0 Å². The number of carbonyl (C=O) groups excluding carboxylic acids is 4. The first-order chi connectivity index (χ1) is 17.3. The van der Waals surface area contributed by atoms with Crippen molar-refractivity contribution in [1.82, 2.24) is 5.32 Å². The van der Waals surface area contributed by atoms with Gasteiger partial charge in [0.1, 0.15) is 11.3 Å². The van der Waals surface area contributed by atoms with Crippen LogP contribution in [0.25, 0.3) is 6.08 Å². The summed E-state index contributed by atoms with van der Waals surface area (Å²) in [7, 11) is 0. The maximum atomic E-state index is 13.3. The predicted molar refractivity (Wildman–Crippen MR) is 132 cm³/mol. The Hall–Kier alpha value is -4.12. The molecule has 0 spiro atoms. The lowest BCUT2D eigenvalue weighted by Gasteiger charge is -2.26. The van der Waals surface area contributed by atoms with Gasteiger partial charge in [0.2, 0.25) is 6.79 Å². The van der Waals surface area contributed by atoms with Gasteiger partial charge in [-0.25, -0.2) is 14.5 Å². The smallest absolute Gasteiger partial charge is 0.344 e. The number of benzene rings is 2. The molecular weight excluding hydrogens is 536 g/mol. The van der Waals surface area contributed by atoms with Crippen LogP contribution in [-0.2, 0) is 25.5 Å². The average molecular weight is 557 g/mol. The lowest BCUT2D eigenvalue weighted by Crippen LogP contribution is -2.54. The van der Waals surface area contributed by atoms with Crippen molar-refractivity contribution in [2.75, 3.05) is 24.9 Å². The van der Waals surface area contributed by atoms with Gasteiger partial charge in [0.15, 0.2) is 18.1 Å². The van der Waals surface area contributed by atoms with Crippen LogP contribution in [-0.4, -0.2) is 43.8 Å². The number of carbonyl (C=O) groups is 4. The highest BCUT2D eigenvalue weighted by molar-refractivity contribution is 9.10. The number of nitrogens with zero attached hydrogens (tertiary/aromatic N) is 1. The Morgan fingerprint density at radius 2 is 1.97 bits per heavy atom. The third-order valence-electron chi connectivity index (χ3n) is 5.17. The van der Waals surface area contributed by atoms with Gasteiger partial charge < -0.3 is 18.9 Å². The standard InChI is InChI=1S/C25H21BrN2O8/c1-3-5-15-8-14(10-18(26)22(15)34-12-21(29)33-4-2)9-17-23(30)27-25(32)28(24(17)31)16-6-7-19-20(11-16)36-13-35-19/h3,6-11H,1,4-5,12-13H2,2H3,(H,27,30,32)/b17-9+. The minimum absolute atomic E-state index is 0.0317. The third-order valence-corrected chi connectivity index (χ3v) is 5.76. The van der Waals surface area contributed by atoms with E-state index < -0.39 is 23.8 Å². The fourth-order valence-electron chi connectivity index (χ4n) is 3.64. The van der Waals surface area contributed by atoms with E-state index in [1.807, 2.05) is 0 Å². The zero-order chi connectivity index (χ0) is 25.8. The van der Waals surface area contributed by atoms with Gasteiger partial charge in [-0.1, -0.05) is 6.08 Å². The molecule has 4 rings (SSSR count). The molecule has 0 aromatic heterocycles. The van der Waals surface area contributed by atoms with Crippen molar-refractivity contribution >= 4 is 51.5 Å². The van der Waals surface area contributed by atoms with Crippen LogP contribution in [0.1, 0.15) is 18.1 Å². The molecule has 1 saturated heterocycles. The van der Waals surface area contributed by atoms with Crippen LogP contribution in [0.2, 0.25) is 0 Å². The number of hydrogen-bond donors (Lipinski definition) is 1. The van der Waals surface area contributed by atoms with Crippen LogP contribution in [0.3, 0.4) is 0 Å². The highest BCUT2D eigenvalue weighted by atomic mass is 79.9. The Kier molecular flexibility index (Phi) is 7.39. The number of amides is 4. The fourth-order valence-corrected chi connectivity index (χ4v) is 4.28. The van der Waals surface area contributed by atoms with E-state index in [1.165, 1.54) is 18.2 Å². The number of nitrogens with one attached hydrogen (secondary N) is 1. The summed E-state index contributed by atoms with van der Waals surface area (Å²) in [5, 5.41) is 2.19. The fraction of sp³-hybridized carbons (Fsp3) is 0.200. The lowest BCUT2D eigenvalue weighted by atomic mass is 10.0. The molecular formula is C25H21BrN2O8. The Balaban J connectivity index is 1.66. The average Bonchev–Trinajstić information content (AvgIpc) is 3.29. The molecule has 2 aromatic carbocycles. The van der Waals surface area contributed by atoms with Crippen molar-refractivity contribution in [1.29, 1.82) is 0 Å². The summed E-state index contributed by atoms with van der Waals surface area (Å²) in [4.78, 5) is 50.9. The van der Waals surface area contributed by atoms with Crippen molar-refractivity contribution in [3.05, 3.63) is 64.2 Å². The molecule has 2 aromatic rings. The summed E-state index contributed by atoms with van der Waals surface area (Å²) < 4.78 is 21.6. The van der Waals surface area contributed by atoms with Crippen LogP contribution in [0.5, 0.6) is 17.2 Å². The number of anilines is 1. The molecule has 4 amide bonds. The first kappa shape index (κ1) is 25.0. The van der Waals surface area contributed by atoms with Gasteiger partial charge >= 0.3 is 12.0 Å². The molecule has 2 aliphatic heterocycles. The molecule has 36 heavy (non-hydrogen) atoms. The van der Waals surface area contributed by atoms with Gasteiger partial charge in [-0.2, -0.15) is 0 Å². The molecule has 1 N–H and O–H groups in total. The van der Waals surface area contributed by atoms with Gasteiger partial charge in [0.25, 0.3) is 11.8 Å².